The van der Waals surface area contributed by atoms with E-state index < -0.39 is 0 Å². The Morgan fingerprint density at radius 2 is 1.96 bits per heavy atom. The maximum atomic E-state index is 12.8. The highest BCUT2D eigenvalue weighted by Gasteiger charge is 2.35. The van der Waals surface area contributed by atoms with Crippen molar-refractivity contribution in [2.75, 3.05) is 13.7 Å². The molecule has 0 radical (unpaired) electrons. The van der Waals surface area contributed by atoms with Crippen LogP contribution in [0.4, 0.5) is 4.79 Å². The highest BCUT2D eigenvalue weighted by atomic mass is 35.5. The Balaban J connectivity index is 1.83. The molecular weight excluding hydrogens is 384 g/mol. The number of carbonyl (C=O) groups excluding carboxylic acids is 2. The Morgan fingerprint density at radius 1 is 1.22 bits per heavy atom. The Morgan fingerprint density at radius 3 is 2.67 bits per heavy atom. The molecule has 1 aliphatic rings. The number of hydrogen-bond acceptors (Lipinski definition) is 4. The molecule has 1 aromatic carbocycles. The molecule has 5 nitrogen and oxygen atoms in total. The fourth-order valence-corrected chi connectivity index (χ4v) is 4.10. The van der Waals surface area contributed by atoms with E-state index >= 15 is 0 Å². The lowest BCUT2D eigenvalue weighted by Crippen LogP contribution is -2.27. The number of aromatic nitrogens is 1. The van der Waals surface area contributed by atoms with Gasteiger partial charge in [0, 0.05) is 30.1 Å². The Bertz CT molecular complexity index is 920. The SMILES string of the molecule is COCCn1c(C)cc(/C=C2\SC(=O)N(Cc3ccccc3Cl)C2=O)c1C. The number of rotatable bonds is 6. The van der Waals surface area contributed by atoms with Crippen LogP contribution in [0.1, 0.15) is 22.5 Å². The van der Waals surface area contributed by atoms with E-state index in [-0.39, 0.29) is 17.7 Å². The number of amides is 2. The van der Waals surface area contributed by atoms with Crippen molar-refractivity contribution in [3.05, 3.63) is 62.8 Å². The van der Waals surface area contributed by atoms with Crippen molar-refractivity contribution in [1.29, 1.82) is 0 Å². The molecule has 0 unspecified atom stereocenters. The molecule has 27 heavy (non-hydrogen) atoms. The van der Waals surface area contributed by atoms with Gasteiger partial charge in [0.15, 0.2) is 0 Å². The van der Waals surface area contributed by atoms with E-state index in [1.54, 1.807) is 19.3 Å². The molecule has 1 aromatic heterocycles. The highest BCUT2D eigenvalue weighted by molar-refractivity contribution is 8.18. The molecule has 0 aliphatic carbocycles. The molecule has 142 valence electrons. The van der Waals surface area contributed by atoms with E-state index in [1.165, 1.54) is 4.90 Å². The molecule has 1 aliphatic heterocycles. The number of benzene rings is 1. The average molecular weight is 405 g/mol. The topological polar surface area (TPSA) is 51.5 Å². The quantitative estimate of drug-likeness (QED) is 0.658. The molecule has 2 aromatic rings. The van der Waals surface area contributed by atoms with Gasteiger partial charge in [0.2, 0.25) is 0 Å². The van der Waals surface area contributed by atoms with E-state index in [0.717, 1.165) is 40.8 Å². The van der Waals surface area contributed by atoms with Crippen molar-refractivity contribution in [3.8, 4) is 0 Å². The Hall–Kier alpha value is -2.02. The first-order valence-corrected chi connectivity index (χ1v) is 9.76. The van der Waals surface area contributed by atoms with Crippen LogP contribution in [0.2, 0.25) is 5.02 Å². The summed E-state index contributed by atoms with van der Waals surface area (Å²) in [6.45, 7) is 5.56. The minimum Gasteiger partial charge on any atom is -0.383 e. The first kappa shape index (κ1) is 19.7. The van der Waals surface area contributed by atoms with Crippen LogP contribution in [0.15, 0.2) is 35.2 Å². The molecule has 0 saturated carbocycles. The molecule has 1 saturated heterocycles. The van der Waals surface area contributed by atoms with Crippen LogP contribution in [0, 0.1) is 13.8 Å². The van der Waals surface area contributed by atoms with Crippen LogP contribution in [0.3, 0.4) is 0 Å². The zero-order valence-corrected chi connectivity index (χ0v) is 17.1. The fourth-order valence-electron chi connectivity index (χ4n) is 3.08. The fraction of sp³-hybridized carbons (Fsp3) is 0.300. The van der Waals surface area contributed by atoms with Gasteiger partial charge >= 0.3 is 0 Å². The minimum absolute atomic E-state index is 0.175. The average Bonchev–Trinajstić information content (AvgIpc) is 3.05. The number of imide groups is 1. The van der Waals surface area contributed by atoms with Gasteiger partial charge in [0.1, 0.15) is 0 Å². The predicted molar refractivity (Wildman–Crippen MR) is 109 cm³/mol. The molecule has 0 N–H and O–H groups in total. The van der Waals surface area contributed by atoms with E-state index in [9.17, 15) is 9.59 Å². The molecular formula is C20H21ClN2O3S. The van der Waals surface area contributed by atoms with Crippen molar-refractivity contribution < 1.29 is 14.3 Å². The predicted octanol–water partition coefficient (Wildman–Crippen LogP) is 4.64. The van der Waals surface area contributed by atoms with Gasteiger partial charge in [-0.25, -0.2) is 0 Å². The number of methoxy groups -OCH3 is 1. The summed E-state index contributed by atoms with van der Waals surface area (Å²) in [5.41, 5.74) is 3.82. The van der Waals surface area contributed by atoms with Crippen molar-refractivity contribution >= 4 is 40.6 Å². The molecule has 1 fully saturated rings. The molecule has 0 bridgehead atoms. The van der Waals surface area contributed by atoms with Crippen molar-refractivity contribution in [2.45, 2.75) is 26.9 Å². The summed E-state index contributed by atoms with van der Waals surface area (Å²) in [5, 5.41) is 0.265. The smallest absolute Gasteiger partial charge is 0.293 e. The maximum Gasteiger partial charge on any atom is 0.293 e. The molecule has 2 amide bonds. The van der Waals surface area contributed by atoms with E-state index in [4.69, 9.17) is 16.3 Å². The Kier molecular flexibility index (Phi) is 6.09. The third-order valence-corrected chi connectivity index (χ3v) is 5.85. The number of aryl methyl sites for hydroxylation is 1. The van der Waals surface area contributed by atoms with Crippen molar-refractivity contribution in [2.24, 2.45) is 0 Å². The van der Waals surface area contributed by atoms with Gasteiger partial charge in [-0.1, -0.05) is 29.8 Å². The van der Waals surface area contributed by atoms with Gasteiger partial charge in [0.05, 0.1) is 18.1 Å². The summed E-state index contributed by atoms with van der Waals surface area (Å²) in [5.74, 6) is -0.286. The number of ether oxygens (including phenoxy) is 1. The number of hydrogen-bond donors (Lipinski definition) is 0. The van der Waals surface area contributed by atoms with Crippen LogP contribution in [-0.2, 0) is 22.6 Å². The van der Waals surface area contributed by atoms with Gasteiger partial charge in [-0.2, -0.15) is 0 Å². The summed E-state index contributed by atoms with van der Waals surface area (Å²) < 4.78 is 7.30. The molecule has 2 heterocycles. The largest absolute Gasteiger partial charge is 0.383 e. The molecule has 7 heteroatoms. The number of thioether (sulfide) groups is 1. The molecule has 3 rings (SSSR count). The maximum absolute atomic E-state index is 12.8. The van der Waals surface area contributed by atoms with Crippen molar-refractivity contribution in [3.63, 3.8) is 0 Å². The van der Waals surface area contributed by atoms with E-state index in [1.807, 2.05) is 38.1 Å². The Labute approximate surface area is 167 Å². The molecule has 0 atom stereocenters. The summed E-state index contributed by atoms with van der Waals surface area (Å²) in [7, 11) is 1.67. The number of nitrogens with zero attached hydrogens (tertiary/aromatic N) is 2. The van der Waals surface area contributed by atoms with Crippen LogP contribution in [0.5, 0.6) is 0 Å². The van der Waals surface area contributed by atoms with Crippen LogP contribution >= 0.6 is 23.4 Å². The monoisotopic (exact) mass is 404 g/mol. The number of carbonyl (C=O) groups is 2. The zero-order valence-electron chi connectivity index (χ0n) is 15.5. The second-order valence-corrected chi connectivity index (χ2v) is 7.73. The second-order valence-electron chi connectivity index (χ2n) is 6.33. The molecule has 0 spiro atoms. The van der Waals surface area contributed by atoms with Gasteiger partial charge in [0.25, 0.3) is 11.1 Å². The van der Waals surface area contributed by atoms with E-state index in [0.29, 0.717) is 16.5 Å². The van der Waals surface area contributed by atoms with Crippen molar-refractivity contribution in [1.82, 2.24) is 9.47 Å². The number of halogens is 1. The normalized spacial score (nSPS) is 16.0. The third-order valence-electron chi connectivity index (χ3n) is 4.58. The summed E-state index contributed by atoms with van der Waals surface area (Å²) in [6, 6.07) is 9.25. The summed E-state index contributed by atoms with van der Waals surface area (Å²) >= 11 is 7.13. The van der Waals surface area contributed by atoms with Gasteiger partial charge in [-0.15, -0.1) is 0 Å². The summed E-state index contributed by atoms with van der Waals surface area (Å²) in [6.07, 6.45) is 1.79. The first-order chi connectivity index (χ1) is 12.9. The summed E-state index contributed by atoms with van der Waals surface area (Å²) in [4.78, 5) is 26.8. The minimum atomic E-state index is -0.286. The zero-order chi connectivity index (χ0) is 19.6. The van der Waals surface area contributed by atoms with Crippen LogP contribution in [-0.4, -0.2) is 34.3 Å². The van der Waals surface area contributed by atoms with Crippen LogP contribution in [0.25, 0.3) is 6.08 Å². The lowest BCUT2D eigenvalue weighted by atomic mass is 10.2. The lowest BCUT2D eigenvalue weighted by molar-refractivity contribution is -0.123. The lowest BCUT2D eigenvalue weighted by Gasteiger charge is -2.13. The van der Waals surface area contributed by atoms with E-state index in [2.05, 4.69) is 4.57 Å². The third kappa shape index (κ3) is 4.13. The second kappa shape index (κ2) is 8.33. The van der Waals surface area contributed by atoms with Gasteiger partial charge < -0.3 is 9.30 Å². The standard InChI is InChI=1S/C20H21ClN2O3S/c1-13-10-16(14(2)22(13)8-9-26-3)11-18-19(24)23(20(25)27-18)12-15-6-4-5-7-17(15)21/h4-7,10-11H,8-9,12H2,1-3H3/b18-11-. The van der Waals surface area contributed by atoms with Gasteiger partial charge in [-0.3, -0.25) is 14.5 Å². The first-order valence-electron chi connectivity index (χ1n) is 8.56. The van der Waals surface area contributed by atoms with Crippen LogP contribution < -0.4 is 0 Å². The highest BCUT2D eigenvalue weighted by Crippen LogP contribution is 2.35. The van der Waals surface area contributed by atoms with Gasteiger partial charge in [-0.05, 0) is 54.9 Å².